The number of hydrogen-bond acceptors (Lipinski definition) is 7. The Morgan fingerprint density at radius 2 is 1.86 bits per heavy atom. The van der Waals surface area contributed by atoms with Gasteiger partial charge in [0.25, 0.3) is 0 Å². The number of benzene rings is 2. The average Bonchev–Trinajstić information content (AvgIpc) is 3.22. The second-order valence-corrected chi connectivity index (χ2v) is 6.78. The average molecular weight is 381 g/mol. The second kappa shape index (κ2) is 5.97. The molecular formula is C21H19NO6. The quantitative estimate of drug-likeness (QED) is 0.813. The highest BCUT2D eigenvalue weighted by atomic mass is 16.7. The van der Waals surface area contributed by atoms with Crippen molar-refractivity contribution < 1.29 is 28.5 Å². The molecule has 2 aliphatic heterocycles. The minimum atomic E-state index is -1.35. The molecular weight excluding hydrogens is 362 g/mol. The summed E-state index contributed by atoms with van der Waals surface area (Å²) >= 11 is 0. The highest BCUT2D eigenvalue weighted by molar-refractivity contribution is 6.35. The first-order valence-corrected chi connectivity index (χ1v) is 8.99. The number of nitrogens with zero attached hydrogens (tertiary/aromatic N) is 1. The first-order chi connectivity index (χ1) is 13.7. The Bertz CT molecular complexity index is 1040. The molecule has 0 fully saturated rings. The van der Waals surface area contributed by atoms with Crippen molar-refractivity contribution in [2.45, 2.75) is 12.0 Å². The van der Waals surface area contributed by atoms with Crippen molar-refractivity contribution in [1.29, 1.82) is 0 Å². The Kier molecular flexibility index (Phi) is 3.64. The monoisotopic (exact) mass is 381 g/mol. The molecule has 0 saturated heterocycles. The van der Waals surface area contributed by atoms with Crippen LogP contribution in [0.5, 0.6) is 23.0 Å². The number of carbonyl (C=O) groups is 1. The normalized spacial score (nSPS) is 21.4. The van der Waals surface area contributed by atoms with Crippen molar-refractivity contribution in [3.63, 3.8) is 0 Å². The van der Waals surface area contributed by atoms with Gasteiger partial charge in [-0.05, 0) is 36.2 Å². The van der Waals surface area contributed by atoms with E-state index in [4.69, 9.17) is 28.7 Å². The topological polar surface area (TPSA) is 75.6 Å². The molecule has 0 aromatic heterocycles. The van der Waals surface area contributed by atoms with Gasteiger partial charge in [0.15, 0.2) is 28.6 Å². The number of aliphatic imine (C=N–C) groups is 1. The van der Waals surface area contributed by atoms with Crippen LogP contribution in [0.25, 0.3) is 0 Å². The van der Waals surface area contributed by atoms with E-state index in [0.29, 0.717) is 52.8 Å². The highest BCUT2D eigenvalue weighted by Crippen LogP contribution is 2.50. The number of fused-ring (bicyclic) bond motifs is 6. The van der Waals surface area contributed by atoms with E-state index < -0.39 is 5.60 Å². The van der Waals surface area contributed by atoms with Gasteiger partial charge in [-0.2, -0.15) is 0 Å². The number of methoxy groups -OCH3 is 3. The van der Waals surface area contributed by atoms with Gasteiger partial charge in [0, 0.05) is 24.8 Å². The van der Waals surface area contributed by atoms with Crippen LogP contribution in [-0.4, -0.2) is 46.2 Å². The molecule has 5 rings (SSSR count). The zero-order valence-electron chi connectivity index (χ0n) is 15.8. The summed E-state index contributed by atoms with van der Waals surface area (Å²) in [4.78, 5) is 18.5. The van der Waals surface area contributed by atoms with Gasteiger partial charge in [-0.3, -0.25) is 9.79 Å². The molecule has 1 atom stereocenters. The number of ether oxygens (including phenoxy) is 5. The fraction of sp³-hybridized carbons (Fsp3) is 0.333. The molecule has 0 bridgehead atoms. The van der Waals surface area contributed by atoms with E-state index in [-0.39, 0.29) is 12.6 Å². The van der Waals surface area contributed by atoms with Crippen LogP contribution in [-0.2, 0) is 16.8 Å². The molecule has 0 saturated carbocycles. The Labute approximate surface area is 161 Å². The number of carbonyl (C=O) groups excluding carboxylic acids is 1. The van der Waals surface area contributed by atoms with Crippen LogP contribution in [0, 0.1) is 0 Å². The molecule has 2 heterocycles. The smallest absolute Gasteiger partial charge is 0.231 e. The third-order valence-electron chi connectivity index (χ3n) is 5.62. The minimum absolute atomic E-state index is 0.165. The molecule has 3 aliphatic rings. The zero-order valence-corrected chi connectivity index (χ0v) is 15.8. The minimum Gasteiger partial charge on any atom is -0.493 e. The molecule has 2 aromatic rings. The van der Waals surface area contributed by atoms with Crippen molar-refractivity contribution in [2.75, 3.05) is 34.7 Å². The summed E-state index contributed by atoms with van der Waals surface area (Å²) in [5.74, 6) is 2.13. The highest BCUT2D eigenvalue weighted by Gasteiger charge is 2.56. The lowest BCUT2D eigenvalue weighted by Gasteiger charge is -2.28. The second-order valence-electron chi connectivity index (χ2n) is 6.78. The predicted molar refractivity (Wildman–Crippen MR) is 100 cm³/mol. The van der Waals surface area contributed by atoms with Crippen LogP contribution < -0.4 is 18.9 Å². The van der Waals surface area contributed by atoms with Crippen molar-refractivity contribution >= 4 is 11.5 Å². The van der Waals surface area contributed by atoms with Crippen molar-refractivity contribution in [1.82, 2.24) is 0 Å². The number of Topliss-reactive ketones (excluding diaryl/α,β-unsaturated/α-hetero) is 1. The molecule has 0 N–H and O–H groups in total. The van der Waals surface area contributed by atoms with E-state index in [2.05, 4.69) is 0 Å². The van der Waals surface area contributed by atoms with E-state index >= 15 is 0 Å². The van der Waals surface area contributed by atoms with E-state index in [1.807, 2.05) is 12.1 Å². The van der Waals surface area contributed by atoms with Gasteiger partial charge in [-0.25, -0.2) is 0 Å². The van der Waals surface area contributed by atoms with Crippen LogP contribution in [0.15, 0.2) is 29.3 Å². The number of ketones is 1. The van der Waals surface area contributed by atoms with Gasteiger partial charge in [0.2, 0.25) is 12.6 Å². The maximum Gasteiger partial charge on any atom is 0.231 e. The molecule has 2 aromatic carbocycles. The van der Waals surface area contributed by atoms with Gasteiger partial charge in [-0.15, -0.1) is 0 Å². The number of hydrogen-bond donors (Lipinski definition) is 0. The van der Waals surface area contributed by atoms with Gasteiger partial charge in [0.1, 0.15) is 0 Å². The number of rotatable bonds is 3. The molecule has 7 nitrogen and oxygen atoms in total. The first kappa shape index (κ1) is 17.1. The summed E-state index contributed by atoms with van der Waals surface area (Å²) in [6.07, 6.45) is 0.662. The van der Waals surface area contributed by atoms with Gasteiger partial charge in [0.05, 0.1) is 25.5 Å². The Morgan fingerprint density at radius 1 is 1.07 bits per heavy atom. The Hall–Kier alpha value is -3.06. The summed E-state index contributed by atoms with van der Waals surface area (Å²) in [5, 5.41) is 0. The summed E-state index contributed by atoms with van der Waals surface area (Å²) in [5.41, 5.74) is 2.01. The van der Waals surface area contributed by atoms with E-state index in [0.717, 1.165) is 11.1 Å². The van der Waals surface area contributed by atoms with Gasteiger partial charge < -0.3 is 23.7 Å². The first-order valence-electron chi connectivity index (χ1n) is 8.99. The van der Waals surface area contributed by atoms with Crippen molar-refractivity contribution in [3.05, 3.63) is 46.5 Å². The van der Waals surface area contributed by atoms with Crippen molar-refractivity contribution in [2.24, 2.45) is 4.99 Å². The molecule has 0 amide bonds. The van der Waals surface area contributed by atoms with Gasteiger partial charge in [-0.1, -0.05) is 0 Å². The van der Waals surface area contributed by atoms with Crippen LogP contribution in [0.2, 0.25) is 0 Å². The molecule has 0 radical (unpaired) electrons. The molecule has 144 valence electrons. The van der Waals surface area contributed by atoms with Crippen molar-refractivity contribution in [3.8, 4) is 23.0 Å². The van der Waals surface area contributed by atoms with E-state index in [1.165, 1.54) is 7.11 Å². The standard InChI is InChI=1S/C21H19NO6/c1-24-14-5-4-12-17(18(14)25-2)19-21(26-3,20(12)23)13-9-16-15(27-10-28-16)8-11(13)6-7-22-19/h4-5,8-9H,6-7,10H2,1-3H3/t21-/m1/s1. The lowest BCUT2D eigenvalue weighted by Crippen LogP contribution is -2.41. The fourth-order valence-corrected chi connectivity index (χ4v) is 4.37. The third kappa shape index (κ3) is 1.97. The summed E-state index contributed by atoms with van der Waals surface area (Å²) in [6, 6.07) is 7.23. The lowest BCUT2D eigenvalue weighted by molar-refractivity contribution is 0.0388. The zero-order chi connectivity index (χ0) is 19.5. The summed E-state index contributed by atoms with van der Waals surface area (Å²) in [7, 11) is 4.65. The largest absolute Gasteiger partial charge is 0.493 e. The van der Waals surface area contributed by atoms with Crippen LogP contribution in [0.4, 0.5) is 0 Å². The lowest BCUT2D eigenvalue weighted by atomic mass is 9.84. The van der Waals surface area contributed by atoms with Gasteiger partial charge >= 0.3 is 0 Å². The molecule has 0 unspecified atom stereocenters. The van der Waals surface area contributed by atoms with Crippen LogP contribution in [0.3, 0.4) is 0 Å². The van der Waals surface area contributed by atoms with E-state index in [1.54, 1.807) is 26.4 Å². The molecule has 28 heavy (non-hydrogen) atoms. The molecule has 0 spiro atoms. The molecule has 1 aliphatic carbocycles. The van der Waals surface area contributed by atoms with E-state index in [9.17, 15) is 4.79 Å². The predicted octanol–water partition coefficient (Wildman–Crippen LogP) is 2.52. The molecule has 7 heteroatoms. The third-order valence-corrected chi connectivity index (χ3v) is 5.62. The summed E-state index contributed by atoms with van der Waals surface area (Å²) in [6.45, 7) is 0.679. The van der Waals surface area contributed by atoms with Crippen LogP contribution in [0.1, 0.15) is 27.0 Å². The Morgan fingerprint density at radius 3 is 2.57 bits per heavy atom. The van der Waals surface area contributed by atoms with Crippen LogP contribution >= 0.6 is 0 Å². The SMILES string of the molecule is COc1ccc2c(c1OC)C1=NCCc3cc4c(cc3[C@]1(OC)C2=O)OCO4. The Balaban J connectivity index is 1.82. The maximum atomic E-state index is 13.7. The summed E-state index contributed by atoms with van der Waals surface area (Å²) < 4.78 is 28.1. The maximum absolute atomic E-state index is 13.7. The fourth-order valence-electron chi connectivity index (χ4n) is 4.37.